The van der Waals surface area contributed by atoms with Gasteiger partial charge in [-0.15, -0.1) is 0 Å². The van der Waals surface area contributed by atoms with Crippen LogP contribution in [0.1, 0.15) is 41.5 Å². The monoisotopic (exact) mass is 381 g/mol. The number of anilines is 2. The number of urea groups is 1. The molecule has 0 fully saturated rings. The Balaban J connectivity index is 1.68. The molecule has 2 N–H and O–H groups in total. The Bertz CT molecular complexity index is 906. The molecular formula is C21H23N3O4. The third-order valence-corrected chi connectivity index (χ3v) is 4.20. The highest BCUT2D eigenvalue weighted by atomic mass is 16.5. The lowest BCUT2D eigenvalue weighted by molar-refractivity contribution is 0.0636. The zero-order valence-electron chi connectivity index (χ0n) is 16.1. The highest BCUT2D eigenvalue weighted by Crippen LogP contribution is 2.26. The first-order chi connectivity index (χ1) is 13.4. The molecule has 3 rings (SSSR count). The van der Waals surface area contributed by atoms with Gasteiger partial charge in [-0.25, -0.2) is 4.79 Å². The van der Waals surface area contributed by atoms with Crippen molar-refractivity contribution in [2.45, 2.75) is 20.8 Å². The number of rotatable bonds is 6. The van der Waals surface area contributed by atoms with Crippen molar-refractivity contribution < 1.29 is 19.1 Å². The van der Waals surface area contributed by atoms with Crippen molar-refractivity contribution in [2.24, 2.45) is 5.92 Å². The molecule has 4 amide bonds. The number of carbonyl (C=O) groups is 3. The number of carbonyl (C=O) groups excluding carboxylic acids is 3. The van der Waals surface area contributed by atoms with E-state index in [0.717, 1.165) is 5.75 Å². The van der Waals surface area contributed by atoms with E-state index in [1.807, 2.05) is 20.8 Å². The molecule has 2 aromatic rings. The second-order valence-electron chi connectivity index (χ2n) is 6.91. The van der Waals surface area contributed by atoms with E-state index in [0.29, 0.717) is 35.7 Å². The highest BCUT2D eigenvalue weighted by Gasteiger charge is 2.35. The lowest BCUT2D eigenvalue weighted by atomic mass is 10.1. The Kier molecular flexibility index (Phi) is 5.63. The summed E-state index contributed by atoms with van der Waals surface area (Å²) in [4.78, 5) is 38.4. The van der Waals surface area contributed by atoms with Gasteiger partial charge in [0, 0.05) is 17.9 Å². The summed E-state index contributed by atoms with van der Waals surface area (Å²) in [6, 6.07) is 11.3. The molecule has 7 nitrogen and oxygen atoms in total. The number of ether oxygens (including phenoxy) is 1. The average molecular weight is 381 g/mol. The molecule has 0 unspecified atom stereocenters. The molecule has 0 saturated carbocycles. The molecule has 2 aromatic carbocycles. The van der Waals surface area contributed by atoms with Crippen LogP contribution >= 0.6 is 0 Å². The van der Waals surface area contributed by atoms with Crippen molar-refractivity contribution >= 4 is 29.2 Å². The fourth-order valence-corrected chi connectivity index (χ4v) is 2.99. The van der Waals surface area contributed by atoms with Gasteiger partial charge in [0.15, 0.2) is 0 Å². The first kappa shape index (κ1) is 19.4. The summed E-state index contributed by atoms with van der Waals surface area (Å²) in [5.74, 6) is 0.282. The zero-order chi connectivity index (χ0) is 20.3. The second-order valence-corrected chi connectivity index (χ2v) is 6.91. The largest absolute Gasteiger partial charge is 0.494 e. The number of fused-ring (bicyclic) bond motifs is 1. The summed E-state index contributed by atoms with van der Waals surface area (Å²) in [6.45, 7) is 6.73. The number of nitrogens with zero attached hydrogens (tertiary/aromatic N) is 1. The molecular weight excluding hydrogens is 358 g/mol. The minimum absolute atomic E-state index is 0.180. The van der Waals surface area contributed by atoms with E-state index < -0.39 is 6.03 Å². The third kappa shape index (κ3) is 4.14. The van der Waals surface area contributed by atoms with Crippen molar-refractivity contribution in [2.75, 3.05) is 23.8 Å². The number of imide groups is 1. The van der Waals surface area contributed by atoms with Gasteiger partial charge in [0.05, 0.1) is 17.7 Å². The molecule has 1 aliphatic rings. The number of hydrogen-bond acceptors (Lipinski definition) is 4. The predicted molar refractivity (Wildman–Crippen MR) is 107 cm³/mol. The molecule has 28 heavy (non-hydrogen) atoms. The van der Waals surface area contributed by atoms with Crippen LogP contribution < -0.4 is 15.4 Å². The normalized spacial score (nSPS) is 12.9. The van der Waals surface area contributed by atoms with Crippen LogP contribution in [-0.2, 0) is 0 Å². The Hall–Kier alpha value is -3.35. The maximum absolute atomic E-state index is 12.5. The molecule has 0 spiro atoms. The van der Waals surface area contributed by atoms with Crippen molar-refractivity contribution in [1.29, 1.82) is 0 Å². The number of hydrogen-bond donors (Lipinski definition) is 2. The molecule has 0 saturated heterocycles. The predicted octanol–water partition coefficient (Wildman–Crippen LogP) is 3.98. The van der Waals surface area contributed by atoms with Crippen LogP contribution in [-0.4, -0.2) is 35.9 Å². The summed E-state index contributed by atoms with van der Waals surface area (Å²) in [5, 5.41) is 5.40. The van der Waals surface area contributed by atoms with Gasteiger partial charge in [0.1, 0.15) is 5.75 Å². The maximum atomic E-state index is 12.5. The van der Waals surface area contributed by atoms with Crippen LogP contribution in [0.5, 0.6) is 5.75 Å². The Morgan fingerprint density at radius 2 is 1.57 bits per heavy atom. The van der Waals surface area contributed by atoms with E-state index in [9.17, 15) is 14.4 Å². The molecule has 0 radical (unpaired) electrons. The lowest BCUT2D eigenvalue weighted by Gasteiger charge is -2.15. The highest BCUT2D eigenvalue weighted by molar-refractivity contribution is 6.22. The quantitative estimate of drug-likeness (QED) is 0.741. The molecule has 0 aromatic heterocycles. The van der Waals surface area contributed by atoms with Crippen LogP contribution in [0.4, 0.5) is 16.2 Å². The fourth-order valence-electron chi connectivity index (χ4n) is 2.99. The summed E-state index contributed by atoms with van der Waals surface area (Å²) >= 11 is 0. The number of benzene rings is 2. The molecule has 0 aliphatic carbocycles. The molecule has 0 bridgehead atoms. The van der Waals surface area contributed by atoms with E-state index in [-0.39, 0.29) is 17.7 Å². The topological polar surface area (TPSA) is 87.7 Å². The van der Waals surface area contributed by atoms with Gasteiger partial charge in [-0.1, -0.05) is 13.8 Å². The maximum Gasteiger partial charge on any atom is 0.323 e. The fraction of sp³-hybridized carbons (Fsp3) is 0.286. The molecule has 1 aliphatic heterocycles. The van der Waals surface area contributed by atoms with Gasteiger partial charge in [-0.3, -0.25) is 14.5 Å². The third-order valence-electron chi connectivity index (χ3n) is 4.20. The first-order valence-electron chi connectivity index (χ1n) is 9.20. The van der Waals surface area contributed by atoms with E-state index >= 15 is 0 Å². The summed E-state index contributed by atoms with van der Waals surface area (Å²) in [6.07, 6.45) is 0. The summed E-state index contributed by atoms with van der Waals surface area (Å²) in [7, 11) is 0. The SMILES string of the molecule is CCOc1ccc(NC(=O)Nc2ccc3c(c2)C(=O)N(CC(C)C)C3=O)cc1. The van der Waals surface area contributed by atoms with Crippen LogP contribution in [0.15, 0.2) is 42.5 Å². The van der Waals surface area contributed by atoms with Crippen molar-refractivity contribution in [1.82, 2.24) is 4.90 Å². The molecule has 1 heterocycles. The Morgan fingerprint density at radius 1 is 0.964 bits per heavy atom. The van der Waals surface area contributed by atoms with Crippen LogP contribution in [0.25, 0.3) is 0 Å². The van der Waals surface area contributed by atoms with Gasteiger partial charge < -0.3 is 15.4 Å². The van der Waals surface area contributed by atoms with Crippen molar-refractivity contribution in [3.63, 3.8) is 0 Å². The standard InChI is InChI=1S/C21H23N3O4/c1-4-28-16-8-5-14(6-9-16)22-21(27)23-15-7-10-17-18(11-15)20(26)24(19(17)25)12-13(2)3/h5-11,13H,4,12H2,1-3H3,(H2,22,23,27). The average Bonchev–Trinajstić information content (AvgIpc) is 2.88. The summed E-state index contributed by atoms with van der Waals surface area (Å²) in [5.41, 5.74) is 1.72. The van der Waals surface area contributed by atoms with Gasteiger partial charge in [0.2, 0.25) is 0 Å². The van der Waals surface area contributed by atoms with Gasteiger partial charge in [0.25, 0.3) is 11.8 Å². The number of amides is 4. The molecule has 0 atom stereocenters. The van der Waals surface area contributed by atoms with Gasteiger partial charge in [-0.05, 0) is 55.3 Å². The Morgan fingerprint density at radius 3 is 2.21 bits per heavy atom. The van der Waals surface area contributed by atoms with Gasteiger partial charge in [-0.2, -0.15) is 0 Å². The van der Waals surface area contributed by atoms with Crippen molar-refractivity contribution in [3.8, 4) is 5.75 Å². The zero-order valence-corrected chi connectivity index (χ0v) is 16.1. The van der Waals surface area contributed by atoms with Gasteiger partial charge >= 0.3 is 6.03 Å². The van der Waals surface area contributed by atoms with Crippen LogP contribution in [0.3, 0.4) is 0 Å². The van der Waals surface area contributed by atoms with E-state index in [2.05, 4.69) is 10.6 Å². The minimum atomic E-state index is -0.445. The smallest absolute Gasteiger partial charge is 0.323 e. The van der Waals surface area contributed by atoms with Crippen molar-refractivity contribution in [3.05, 3.63) is 53.6 Å². The minimum Gasteiger partial charge on any atom is -0.494 e. The van der Waals surface area contributed by atoms with Crippen LogP contribution in [0, 0.1) is 5.92 Å². The first-order valence-corrected chi connectivity index (χ1v) is 9.20. The molecule has 146 valence electrons. The van der Waals surface area contributed by atoms with E-state index in [4.69, 9.17) is 4.74 Å². The van der Waals surface area contributed by atoms with E-state index in [1.165, 1.54) is 11.0 Å². The van der Waals surface area contributed by atoms with Crippen LogP contribution in [0.2, 0.25) is 0 Å². The van der Waals surface area contributed by atoms with E-state index in [1.54, 1.807) is 36.4 Å². The molecule has 7 heteroatoms. The lowest BCUT2D eigenvalue weighted by Crippen LogP contribution is -2.33. The summed E-state index contributed by atoms with van der Waals surface area (Å²) < 4.78 is 5.36. The number of nitrogens with one attached hydrogen (secondary N) is 2. The second kappa shape index (κ2) is 8.12. The Labute approximate surface area is 163 Å².